The number of nitrogens with zero attached hydrogens (tertiary/aromatic N) is 6. The number of rotatable bonds is 8. The first-order valence-corrected chi connectivity index (χ1v) is 11.3. The Balaban J connectivity index is 1.26. The van der Waals surface area contributed by atoms with Gasteiger partial charge in [-0.1, -0.05) is 0 Å². The van der Waals surface area contributed by atoms with Crippen molar-refractivity contribution in [2.75, 3.05) is 32.1 Å². The number of ether oxygens (including phenoxy) is 2. The average molecular weight is 466 g/mol. The Labute approximate surface area is 195 Å². The summed E-state index contributed by atoms with van der Waals surface area (Å²) in [4.78, 5) is 44.9. The molecule has 0 radical (unpaired) electrons. The SMILES string of the molecule is CN(C)C(=O)Cn1nc2ccc(N3CC[C@@H](Oc4ccc(OCC5CC5)nc4)C3=O)cn2c1=O. The minimum atomic E-state index is -0.645. The fourth-order valence-electron chi connectivity index (χ4n) is 3.73. The van der Waals surface area contributed by atoms with Gasteiger partial charge in [0.05, 0.1) is 18.5 Å². The topological polar surface area (TPSA) is 111 Å². The zero-order valence-electron chi connectivity index (χ0n) is 19.1. The van der Waals surface area contributed by atoms with E-state index in [-0.39, 0.29) is 18.4 Å². The molecule has 0 unspecified atom stereocenters. The molecular formula is C23H26N6O5. The largest absolute Gasteiger partial charge is 0.479 e. The van der Waals surface area contributed by atoms with Crippen LogP contribution in [0.2, 0.25) is 0 Å². The molecule has 1 aliphatic heterocycles. The normalized spacial score (nSPS) is 17.9. The van der Waals surface area contributed by atoms with Gasteiger partial charge in [-0.2, -0.15) is 0 Å². The fourth-order valence-corrected chi connectivity index (χ4v) is 3.73. The number of carbonyl (C=O) groups is 2. The first-order chi connectivity index (χ1) is 16.4. The van der Waals surface area contributed by atoms with E-state index in [1.54, 1.807) is 55.7 Å². The van der Waals surface area contributed by atoms with Crippen molar-refractivity contribution in [3.05, 3.63) is 47.1 Å². The van der Waals surface area contributed by atoms with E-state index in [4.69, 9.17) is 9.47 Å². The second kappa shape index (κ2) is 8.81. The van der Waals surface area contributed by atoms with E-state index in [2.05, 4.69) is 10.1 Å². The minimum absolute atomic E-state index is 0.153. The highest BCUT2D eigenvalue weighted by Gasteiger charge is 2.35. The highest BCUT2D eigenvalue weighted by atomic mass is 16.5. The smallest absolute Gasteiger partial charge is 0.350 e. The van der Waals surface area contributed by atoms with Gasteiger partial charge in [0.15, 0.2) is 11.8 Å². The summed E-state index contributed by atoms with van der Waals surface area (Å²) >= 11 is 0. The molecule has 1 saturated carbocycles. The zero-order valence-corrected chi connectivity index (χ0v) is 19.1. The van der Waals surface area contributed by atoms with Crippen LogP contribution in [0.25, 0.3) is 5.65 Å². The summed E-state index contributed by atoms with van der Waals surface area (Å²) in [7, 11) is 3.23. The average Bonchev–Trinajstić information content (AvgIpc) is 3.53. The van der Waals surface area contributed by atoms with Gasteiger partial charge in [0.1, 0.15) is 12.3 Å². The minimum Gasteiger partial charge on any atom is -0.479 e. The molecule has 2 amide bonds. The Morgan fingerprint density at radius 1 is 1.15 bits per heavy atom. The summed E-state index contributed by atoms with van der Waals surface area (Å²) in [5.74, 6) is 1.25. The molecule has 11 nitrogen and oxygen atoms in total. The maximum absolute atomic E-state index is 13.0. The van der Waals surface area contributed by atoms with E-state index in [1.807, 2.05) is 0 Å². The van der Waals surface area contributed by atoms with Crippen molar-refractivity contribution in [3.8, 4) is 11.6 Å². The molecule has 0 spiro atoms. The molecule has 34 heavy (non-hydrogen) atoms. The molecule has 0 N–H and O–H groups in total. The molecule has 1 saturated heterocycles. The number of pyridine rings is 2. The molecule has 3 aromatic heterocycles. The van der Waals surface area contributed by atoms with Crippen molar-refractivity contribution < 1.29 is 19.1 Å². The number of fused-ring (bicyclic) bond motifs is 1. The van der Waals surface area contributed by atoms with Crippen LogP contribution in [0.3, 0.4) is 0 Å². The van der Waals surface area contributed by atoms with Crippen molar-refractivity contribution in [1.29, 1.82) is 0 Å². The molecule has 178 valence electrons. The molecule has 1 aliphatic carbocycles. The monoisotopic (exact) mass is 466 g/mol. The Morgan fingerprint density at radius 3 is 2.68 bits per heavy atom. The quantitative estimate of drug-likeness (QED) is 0.486. The molecule has 0 aromatic carbocycles. The van der Waals surface area contributed by atoms with Crippen LogP contribution in [0, 0.1) is 5.92 Å². The van der Waals surface area contributed by atoms with Gasteiger partial charge in [-0.25, -0.2) is 18.9 Å². The third kappa shape index (κ3) is 4.45. The van der Waals surface area contributed by atoms with Gasteiger partial charge in [0.2, 0.25) is 11.8 Å². The van der Waals surface area contributed by atoms with E-state index >= 15 is 0 Å². The number of hydrogen-bond donors (Lipinski definition) is 0. The Hall–Kier alpha value is -3.89. The first-order valence-electron chi connectivity index (χ1n) is 11.3. The molecule has 2 aliphatic rings. The Morgan fingerprint density at radius 2 is 1.97 bits per heavy atom. The Bertz CT molecular complexity index is 1280. The van der Waals surface area contributed by atoms with Crippen LogP contribution < -0.4 is 20.1 Å². The highest BCUT2D eigenvalue weighted by Crippen LogP contribution is 2.29. The summed E-state index contributed by atoms with van der Waals surface area (Å²) in [6, 6.07) is 6.88. The van der Waals surface area contributed by atoms with Gasteiger partial charge in [0, 0.05) is 39.3 Å². The molecule has 4 heterocycles. The van der Waals surface area contributed by atoms with E-state index in [1.165, 1.54) is 22.1 Å². The maximum Gasteiger partial charge on any atom is 0.350 e. The van der Waals surface area contributed by atoms with Crippen molar-refractivity contribution in [2.45, 2.75) is 31.9 Å². The predicted molar refractivity (Wildman–Crippen MR) is 122 cm³/mol. The summed E-state index contributed by atoms with van der Waals surface area (Å²) in [5, 5.41) is 4.20. The first kappa shape index (κ1) is 21.9. The van der Waals surface area contributed by atoms with Crippen LogP contribution in [0.4, 0.5) is 5.69 Å². The van der Waals surface area contributed by atoms with Crippen LogP contribution in [-0.2, 0) is 16.1 Å². The molecule has 5 rings (SSSR count). The van der Waals surface area contributed by atoms with Gasteiger partial charge in [-0.05, 0) is 37.0 Å². The van der Waals surface area contributed by atoms with Gasteiger partial charge >= 0.3 is 5.69 Å². The van der Waals surface area contributed by atoms with Crippen molar-refractivity contribution in [1.82, 2.24) is 24.1 Å². The standard InChI is InChI=1S/C23H26N6O5/c1-26(2)21(30)13-29-23(32)28-12-16(5-7-19(28)25-29)27-10-9-18(22(27)31)34-17-6-8-20(24-11-17)33-14-15-3-4-15/h5-8,11-12,15,18H,3-4,9-10,13-14H2,1-2H3/t18-/m1/s1. The predicted octanol–water partition coefficient (Wildman–Crippen LogP) is 0.952. The molecule has 0 bridgehead atoms. The molecule has 2 fully saturated rings. The number of likely N-dealkylation sites (N-methyl/N-ethyl adjacent to an activating group) is 1. The van der Waals surface area contributed by atoms with Crippen LogP contribution in [0.1, 0.15) is 19.3 Å². The highest BCUT2D eigenvalue weighted by molar-refractivity contribution is 5.99. The molecule has 1 atom stereocenters. The maximum atomic E-state index is 13.0. The second-order valence-corrected chi connectivity index (χ2v) is 8.82. The van der Waals surface area contributed by atoms with Crippen molar-refractivity contribution in [3.63, 3.8) is 0 Å². The second-order valence-electron chi connectivity index (χ2n) is 8.82. The number of anilines is 1. The third-order valence-electron chi connectivity index (χ3n) is 5.96. The zero-order chi connectivity index (χ0) is 23.8. The van der Waals surface area contributed by atoms with Gasteiger partial charge in [-0.15, -0.1) is 5.10 Å². The van der Waals surface area contributed by atoms with Crippen LogP contribution in [0.15, 0.2) is 41.5 Å². The lowest BCUT2D eigenvalue weighted by Gasteiger charge is -2.17. The summed E-state index contributed by atoms with van der Waals surface area (Å²) in [6.07, 6.45) is 5.40. The third-order valence-corrected chi connectivity index (χ3v) is 5.96. The van der Waals surface area contributed by atoms with Crippen molar-refractivity contribution >= 4 is 23.1 Å². The molecule has 11 heteroatoms. The Kier molecular flexibility index (Phi) is 5.68. The number of amides is 2. The lowest BCUT2D eigenvalue weighted by molar-refractivity contribution is -0.129. The number of hydrogen-bond acceptors (Lipinski definition) is 7. The van der Waals surface area contributed by atoms with E-state index < -0.39 is 11.8 Å². The lowest BCUT2D eigenvalue weighted by atomic mass is 10.3. The van der Waals surface area contributed by atoms with Crippen LogP contribution >= 0.6 is 0 Å². The van der Waals surface area contributed by atoms with Gasteiger partial charge < -0.3 is 19.3 Å². The summed E-state index contributed by atoms with van der Waals surface area (Å²) in [5.41, 5.74) is 0.516. The van der Waals surface area contributed by atoms with E-state index in [0.717, 1.165) is 4.68 Å². The lowest BCUT2D eigenvalue weighted by Crippen LogP contribution is -2.33. The number of aromatic nitrogens is 4. The molecule has 3 aromatic rings. The van der Waals surface area contributed by atoms with Crippen molar-refractivity contribution in [2.24, 2.45) is 5.92 Å². The molecular weight excluding hydrogens is 440 g/mol. The number of carbonyl (C=O) groups excluding carboxylic acids is 2. The summed E-state index contributed by atoms with van der Waals surface area (Å²) in [6.45, 7) is 0.981. The van der Waals surface area contributed by atoms with Gasteiger partial charge in [0.25, 0.3) is 5.91 Å². The van der Waals surface area contributed by atoms with Gasteiger partial charge in [-0.3, -0.25) is 9.59 Å². The van der Waals surface area contributed by atoms with Crippen LogP contribution in [-0.4, -0.2) is 69.2 Å². The van der Waals surface area contributed by atoms with Crippen LogP contribution in [0.5, 0.6) is 11.6 Å². The fraction of sp³-hybridized carbons (Fsp3) is 0.435. The summed E-state index contributed by atoms with van der Waals surface area (Å²) < 4.78 is 14.0. The van der Waals surface area contributed by atoms with E-state index in [0.29, 0.717) is 48.5 Å². The van der Waals surface area contributed by atoms with E-state index in [9.17, 15) is 14.4 Å².